The minimum absolute atomic E-state index is 0.0864. The lowest BCUT2D eigenvalue weighted by molar-refractivity contribution is 0.590. The van der Waals surface area contributed by atoms with Crippen LogP contribution in [0.25, 0.3) is 64.6 Å². The highest BCUT2D eigenvalue weighted by Crippen LogP contribution is 2.51. The maximum Gasteiger partial charge on any atom is 0.0540 e. The van der Waals surface area contributed by atoms with E-state index in [2.05, 4.69) is 404 Å². The second-order valence-corrected chi connectivity index (χ2v) is 29.0. The van der Waals surface area contributed by atoms with E-state index in [0.717, 1.165) is 45.5 Å². The van der Waals surface area contributed by atoms with Crippen molar-refractivity contribution >= 4 is 133 Å². The van der Waals surface area contributed by atoms with Crippen LogP contribution in [-0.4, -0.2) is 0 Å². The van der Waals surface area contributed by atoms with E-state index < -0.39 is 0 Å². The molecule has 16 aromatic rings. The van der Waals surface area contributed by atoms with E-state index in [4.69, 9.17) is 0 Å². The maximum absolute atomic E-state index is 2.41. The van der Waals surface area contributed by atoms with Crippen molar-refractivity contribution in [3.05, 3.63) is 338 Å². The number of benzene rings is 16. The van der Waals surface area contributed by atoms with Gasteiger partial charge in [0, 0.05) is 67.0 Å². The van der Waals surface area contributed by atoms with Gasteiger partial charge >= 0.3 is 0 Å². The molecule has 0 bridgehead atoms. The van der Waals surface area contributed by atoms with Gasteiger partial charge in [0.25, 0.3) is 0 Å². The standard InChI is InChI=1S/C48H44N2.C46H40N2/c1-47(2,3)35-21-25-39(26-22-35)49(37-13-9-7-10-14-37)43-31-19-33-18-30-42-44(32-20-34-17-29-41(43)45(33)46(34)42)50(38-15-11-8-12-16-38)40-27-23-36(24-28-40)48(4,5)6;1-31(2)33-15-23-39(24-16-33)47(37-11-7-5-8-12-37)43-29-21-35-20-28-42-44(30-22-36-19-27-41(43)45(35)46(36)42)48(38-13-9-6-10-14-38)40-25-17-34(18-26-40)32(3)4/h7-32H,1-6H3;5-32H,1-4H3. The third-order valence-electron chi connectivity index (χ3n) is 19.9. The van der Waals surface area contributed by atoms with Crippen LogP contribution in [-0.2, 0) is 10.8 Å². The third kappa shape index (κ3) is 11.8. The molecule has 98 heavy (non-hydrogen) atoms. The molecule has 0 radical (unpaired) electrons. The Bertz CT molecular complexity index is 5080. The molecule has 0 aliphatic heterocycles. The molecule has 16 aromatic carbocycles. The molecule has 0 heterocycles. The molecule has 0 aliphatic carbocycles. The molecule has 0 aromatic heterocycles. The molecule has 16 rings (SSSR count). The summed E-state index contributed by atoms with van der Waals surface area (Å²) in [5.74, 6) is 0.966. The Hall–Kier alpha value is -11.2. The van der Waals surface area contributed by atoms with E-state index >= 15 is 0 Å². The van der Waals surface area contributed by atoms with Gasteiger partial charge in [0.2, 0.25) is 0 Å². The first kappa shape index (κ1) is 62.9. The Morgan fingerprint density at radius 1 is 0.204 bits per heavy atom. The van der Waals surface area contributed by atoms with Gasteiger partial charge in [-0.05, 0) is 209 Å². The van der Waals surface area contributed by atoms with Crippen LogP contribution in [0.15, 0.2) is 315 Å². The first-order valence-corrected chi connectivity index (χ1v) is 34.8. The Balaban J connectivity index is 0.000000160. The molecular formula is C94H84N4. The van der Waals surface area contributed by atoms with Crippen LogP contribution in [0.1, 0.15) is 103 Å². The molecule has 0 spiro atoms. The summed E-state index contributed by atoms with van der Waals surface area (Å²) >= 11 is 0. The lowest BCUT2D eigenvalue weighted by Crippen LogP contribution is -2.14. The summed E-state index contributed by atoms with van der Waals surface area (Å²) in [6, 6.07) is 116. The van der Waals surface area contributed by atoms with Gasteiger partial charge in [0.15, 0.2) is 0 Å². The Kier molecular flexibility index (Phi) is 16.5. The summed E-state index contributed by atoms with van der Waals surface area (Å²) in [4.78, 5) is 9.63. The molecule has 4 nitrogen and oxygen atoms in total. The van der Waals surface area contributed by atoms with Crippen molar-refractivity contribution in [2.45, 2.75) is 91.9 Å². The average molecular weight is 1270 g/mol. The molecule has 0 atom stereocenters. The van der Waals surface area contributed by atoms with Crippen LogP contribution >= 0.6 is 0 Å². The van der Waals surface area contributed by atoms with Gasteiger partial charge in [-0.15, -0.1) is 0 Å². The second-order valence-electron chi connectivity index (χ2n) is 29.0. The number of anilines is 12. The van der Waals surface area contributed by atoms with Crippen LogP contribution in [0.4, 0.5) is 68.2 Å². The molecule has 0 amide bonds. The molecule has 0 fully saturated rings. The topological polar surface area (TPSA) is 13.0 Å². The quantitative estimate of drug-likeness (QED) is 0.101. The first-order chi connectivity index (χ1) is 47.6. The van der Waals surface area contributed by atoms with Crippen LogP contribution in [0.2, 0.25) is 0 Å². The fourth-order valence-corrected chi connectivity index (χ4v) is 14.6. The highest BCUT2D eigenvalue weighted by Gasteiger charge is 2.26. The van der Waals surface area contributed by atoms with Crippen LogP contribution in [0.3, 0.4) is 0 Å². The summed E-state index contributed by atoms with van der Waals surface area (Å²) in [6.07, 6.45) is 0. The van der Waals surface area contributed by atoms with Gasteiger partial charge in [-0.25, -0.2) is 0 Å². The van der Waals surface area contributed by atoms with Crippen molar-refractivity contribution in [2.24, 2.45) is 0 Å². The molecule has 0 saturated carbocycles. The number of hydrogen-bond donors (Lipinski definition) is 0. The smallest absolute Gasteiger partial charge is 0.0540 e. The van der Waals surface area contributed by atoms with Crippen LogP contribution in [0.5, 0.6) is 0 Å². The van der Waals surface area contributed by atoms with Crippen molar-refractivity contribution < 1.29 is 0 Å². The number of nitrogens with zero attached hydrogens (tertiary/aromatic N) is 4. The predicted molar refractivity (Wildman–Crippen MR) is 425 cm³/mol. The van der Waals surface area contributed by atoms with Crippen molar-refractivity contribution in [2.75, 3.05) is 19.6 Å². The van der Waals surface area contributed by atoms with Crippen molar-refractivity contribution in [1.82, 2.24) is 0 Å². The van der Waals surface area contributed by atoms with Crippen molar-refractivity contribution in [3.63, 3.8) is 0 Å². The zero-order valence-electron chi connectivity index (χ0n) is 58.0. The van der Waals surface area contributed by atoms with Gasteiger partial charge < -0.3 is 19.6 Å². The molecule has 0 unspecified atom stereocenters. The van der Waals surface area contributed by atoms with Gasteiger partial charge in [-0.1, -0.05) is 263 Å². The number of para-hydroxylation sites is 4. The van der Waals surface area contributed by atoms with E-state index in [-0.39, 0.29) is 10.8 Å². The Morgan fingerprint density at radius 3 is 0.602 bits per heavy atom. The fourth-order valence-electron chi connectivity index (χ4n) is 14.6. The molecule has 0 aliphatic rings. The average Bonchev–Trinajstić information content (AvgIpc) is 0.727. The van der Waals surface area contributed by atoms with E-state index in [1.54, 1.807) is 0 Å². The SMILES string of the molecule is CC(C)(C)c1ccc(N(c2ccccc2)c2ccc3ccc4c(N(c5ccccc5)c5ccc(C(C)(C)C)cc5)ccc5ccc2c3c54)cc1.CC(C)c1ccc(N(c2ccccc2)c2ccc3ccc4c(N(c5ccccc5)c5ccc(C(C)C)cc5)ccc5ccc2c3c54)cc1. The molecular weight excluding hydrogens is 1190 g/mol. The fraction of sp³-hybridized carbons (Fsp3) is 0.149. The van der Waals surface area contributed by atoms with Crippen LogP contribution in [0, 0.1) is 0 Å². The molecule has 4 heteroatoms. The summed E-state index contributed by atoms with van der Waals surface area (Å²) < 4.78 is 0. The predicted octanol–water partition coefficient (Wildman–Crippen LogP) is 27.9. The maximum atomic E-state index is 2.41. The second kappa shape index (κ2) is 25.7. The zero-order valence-corrected chi connectivity index (χ0v) is 58.0. The summed E-state index contributed by atoms with van der Waals surface area (Å²) in [6.45, 7) is 22.6. The Morgan fingerprint density at radius 2 is 0.398 bits per heavy atom. The Labute approximate surface area is 578 Å². The number of hydrogen-bond acceptors (Lipinski definition) is 4. The highest BCUT2D eigenvalue weighted by atomic mass is 15.2. The first-order valence-electron chi connectivity index (χ1n) is 34.8. The van der Waals surface area contributed by atoms with Crippen molar-refractivity contribution in [3.8, 4) is 0 Å². The molecule has 0 N–H and O–H groups in total. The van der Waals surface area contributed by atoms with Crippen LogP contribution < -0.4 is 19.6 Å². The monoisotopic (exact) mass is 1270 g/mol. The minimum Gasteiger partial charge on any atom is -0.310 e. The highest BCUT2D eigenvalue weighted by molar-refractivity contribution is 6.29. The normalized spacial score (nSPS) is 12.0. The summed E-state index contributed by atoms with van der Waals surface area (Å²) in [5.41, 5.74) is 19.4. The largest absolute Gasteiger partial charge is 0.310 e. The van der Waals surface area contributed by atoms with Crippen molar-refractivity contribution in [1.29, 1.82) is 0 Å². The third-order valence-corrected chi connectivity index (χ3v) is 19.9. The van der Waals surface area contributed by atoms with Gasteiger partial charge in [-0.3, -0.25) is 0 Å². The van der Waals surface area contributed by atoms with Gasteiger partial charge in [0.1, 0.15) is 0 Å². The zero-order chi connectivity index (χ0) is 67.4. The summed E-state index contributed by atoms with van der Waals surface area (Å²) in [5, 5.41) is 15.1. The van der Waals surface area contributed by atoms with Gasteiger partial charge in [-0.2, -0.15) is 0 Å². The van der Waals surface area contributed by atoms with E-state index in [1.165, 1.54) is 110 Å². The van der Waals surface area contributed by atoms with E-state index in [0.29, 0.717) is 11.8 Å². The van der Waals surface area contributed by atoms with E-state index in [1.807, 2.05) is 0 Å². The summed E-state index contributed by atoms with van der Waals surface area (Å²) in [7, 11) is 0. The molecule has 0 saturated heterocycles. The van der Waals surface area contributed by atoms with Gasteiger partial charge in [0.05, 0.1) is 22.7 Å². The van der Waals surface area contributed by atoms with E-state index in [9.17, 15) is 0 Å². The lowest BCUT2D eigenvalue weighted by Gasteiger charge is -2.30. The molecule has 480 valence electrons. The lowest BCUT2D eigenvalue weighted by atomic mass is 9.87. The minimum atomic E-state index is 0.0864. The number of rotatable bonds is 14.